The van der Waals surface area contributed by atoms with E-state index in [9.17, 15) is 4.79 Å². The lowest BCUT2D eigenvalue weighted by molar-refractivity contribution is -0.142. The molecule has 0 aliphatic rings. The van der Waals surface area contributed by atoms with Gasteiger partial charge in [-0.05, 0) is 45.9 Å². The number of nitrogens with zero attached hydrogens (tertiary/aromatic N) is 1. The molecule has 5 heteroatoms. The van der Waals surface area contributed by atoms with Crippen LogP contribution in [0.5, 0.6) is 5.75 Å². The molecule has 2 N–H and O–H groups in total. The van der Waals surface area contributed by atoms with Crippen LogP contribution in [0.2, 0.25) is 5.02 Å². The third kappa shape index (κ3) is 4.61. The molecule has 1 amide bonds. The Morgan fingerprint density at radius 3 is 2.48 bits per heavy atom. The summed E-state index contributed by atoms with van der Waals surface area (Å²) < 4.78 is 5.60. The maximum absolute atomic E-state index is 12.5. The number of hydrogen-bond donors (Lipinski definition) is 1. The van der Waals surface area contributed by atoms with Crippen LogP contribution in [0.1, 0.15) is 27.7 Å². The number of ether oxygens (including phenoxy) is 1. The van der Waals surface area contributed by atoms with Gasteiger partial charge in [0.2, 0.25) is 5.91 Å². The number of hydrogen-bond acceptors (Lipinski definition) is 3. The molecule has 0 spiro atoms. The summed E-state index contributed by atoms with van der Waals surface area (Å²) in [6, 6.07) is 7.19. The summed E-state index contributed by atoms with van der Waals surface area (Å²) in [5, 5.41) is 0.628. The molecule has 0 radical (unpaired) electrons. The number of amides is 1. The fourth-order valence-electron chi connectivity index (χ4n) is 1.71. The topological polar surface area (TPSA) is 55.6 Å². The van der Waals surface area contributed by atoms with E-state index in [0.29, 0.717) is 23.9 Å². The second kappa shape index (κ2) is 6.67. The van der Waals surface area contributed by atoms with Crippen LogP contribution in [0.15, 0.2) is 24.3 Å². The Morgan fingerprint density at radius 1 is 1.33 bits per heavy atom. The van der Waals surface area contributed by atoms with Gasteiger partial charge in [-0.2, -0.15) is 0 Å². The van der Waals surface area contributed by atoms with E-state index in [2.05, 4.69) is 0 Å². The number of rotatable bonds is 6. The van der Waals surface area contributed by atoms with Crippen molar-refractivity contribution in [1.82, 2.24) is 4.90 Å². The number of carbonyl (C=O) groups excluding carboxylic acids is 1. The van der Waals surface area contributed by atoms with Crippen molar-refractivity contribution >= 4 is 17.5 Å². The van der Waals surface area contributed by atoms with E-state index in [4.69, 9.17) is 22.1 Å². The molecule has 0 atom stereocenters. The average Bonchev–Trinajstić information content (AvgIpc) is 2.36. The van der Waals surface area contributed by atoms with E-state index in [1.54, 1.807) is 24.1 Å². The highest BCUT2D eigenvalue weighted by molar-refractivity contribution is 6.30. The average molecular weight is 313 g/mol. The highest BCUT2D eigenvalue weighted by atomic mass is 35.5. The van der Waals surface area contributed by atoms with Crippen LogP contribution in [0.25, 0.3) is 0 Å². The Kier molecular flexibility index (Phi) is 5.65. The smallest absolute Gasteiger partial charge is 0.229 e. The Bertz CT molecular complexity index is 495. The predicted octanol–water partition coefficient (Wildman–Crippen LogP) is 2.94. The molecule has 0 aliphatic heterocycles. The molecular weight excluding hydrogens is 288 g/mol. The summed E-state index contributed by atoms with van der Waals surface area (Å²) in [6.07, 6.45) is 0. The van der Waals surface area contributed by atoms with Gasteiger partial charge in [0.15, 0.2) is 0 Å². The minimum Gasteiger partial charge on any atom is -0.492 e. The van der Waals surface area contributed by atoms with E-state index >= 15 is 0 Å². The maximum atomic E-state index is 12.5. The lowest BCUT2D eigenvalue weighted by Gasteiger charge is -2.39. The van der Waals surface area contributed by atoms with Crippen molar-refractivity contribution in [3.8, 4) is 5.75 Å². The Morgan fingerprint density at radius 2 is 1.95 bits per heavy atom. The molecular formula is C16H25ClN2O2. The molecule has 1 aromatic carbocycles. The zero-order chi connectivity index (χ0) is 16.3. The molecule has 0 aromatic heterocycles. The first-order valence-electron chi connectivity index (χ1n) is 6.98. The first kappa shape index (κ1) is 17.8. The minimum absolute atomic E-state index is 0.00435. The second-order valence-electron chi connectivity index (χ2n) is 6.38. The third-order valence-electron chi connectivity index (χ3n) is 3.98. The molecule has 118 valence electrons. The fraction of sp³-hybridized carbons (Fsp3) is 0.562. The van der Waals surface area contributed by atoms with Crippen LogP contribution < -0.4 is 10.5 Å². The Balaban J connectivity index is 2.54. The summed E-state index contributed by atoms with van der Waals surface area (Å²) in [4.78, 5) is 14.1. The van der Waals surface area contributed by atoms with E-state index < -0.39 is 11.0 Å². The quantitative estimate of drug-likeness (QED) is 0.878. The summed E-state index contributed by atoms with van der Waals surface area (Å²) >= 11 is 5.89. The van der Waals surface area contributed by atoms with Crippen molar-refractivity contribution in [3.63, 3.8) is 0 Å². The molecule has 0 heterocycles. The van der Waals surface area contributed by atoms with E-state index in [0.717, 1.165) is 0 Å². The minimum atomic E-state index is -0.641. The van der Waals surface area contributed by atoms with Gasteiger partial charge in [0.25, 0.3) is 0 Å². The third-order valence-corrected chi connectivity index (χ3v) is 4.22. The van der Waals surface area contributed by atoms with Gasteiger partial charge in [-0.3, -0.25) is 4.79 Å². The molecule has 0 fully saturated rings. The Labute approximate surface area is 132 Å². The van der Waals surface area contributed by atoms with Crippen molar-refractivity contribution < 1.29 is 9.53 Å². The van der Waals surface area contributed by atoms with E-state index in [1.165, 1.54) is 0 Å². The van der Waals surface area contributed by atoms with Crippen molar-refractivity contribution in [2.45, 2.75) is 33.2 Å². The molecule has 0 aliphatic carbocycles. The number of benzene rings is 1. The molecule has 0 saturated heterocycles. The number of halogens is 1. The molecule has 4 nitrogen and oxygen atoms in total. The van der Waals surface area contributed by atoms with Crippen molar-refractivity contribution in [2.24, 2.45) is 11.1 Å². The normalized spacial score (nSPS) is 12.1. The predicted molar refractivity (Wildman–Crippen MR) is 86.6 cm³/mol. The van der Waals surface area contributed by atoms with Crippen LogP contribution in [0.3, 0.4) is 0 Å². The number of likely N-dealkylation sites (N-methyl/N-ethyl adjacent to an activating group) is 1. The molecule has 0 saturated carbocycles. The van der Waals surface area contributed by atoms with Gasteiger partial charge in [-0.25, -0.2) is 0 Å². The van der Waals surface area contributed by atoms with Gasteiger partial charge in [0.05, 0.1) is 12.0 Å². The Hall–Kier alpha value is -1.26. The summed E-state index contributed by atoms with van der Waals surface area (Å²) in [6.45, 7) is 8.35. The molecule has 1 aromatic rings. The molecule has 0 unspecified atom stereocenters. The first-order chi connectivity index (χ1) is 9.55. The maximum Gasteiger partial charge on any atom is 0.229 e. The van der Waals surface area contributed by atoms with Crippen LogP contribution in [0.4, 0.5) is 0 Å². The molecule has 0 bridgehead atoms. The van der Waals surface area contributed by atoms with Crippen LogP contribution >= 0.6 is 11.6 Å². The second-order valence-corrected chi connectivity index (χ2v) is 6.82. The number of nitrogens with two attached hydrogens (primary N) is 1. The first-order valence-corrected chi connectivity index (χ1v) is 7.36. The molecule has 21 heavy (non-hydrogen) atoms. The SMILES string of the molecule is CN(CCOc1cccc(Cl)c1)C(=O)C(C)(C)C(C)(C)N. The van der Waals surface area contributed by atoms with Crippen LogP contribution in [-0.2, 0) is 4.79 Å². The van der Waals surface area contributed by atoms with Gasteiger partial charge in [-0.1, -0.05) is 17.7 Å². The van der Waals surface area contributed by atoms with Crippen LogP contribution in [-0.4, -0.2) is 36.5 Å². The summed E-state index contributed by atoms with van der Waals surface area (Å²) in [7, 11) is 1.76. The van der Waals surface area contributed by atoms with Gasteiger partial charge < -0.3 is 15.4 Å². The summed E-state index contributed by atoms with van der Waals surface area (Å²) in [5.41, 5.74) is 4.86. The highest BCUT2D eigenvalue weighted by Gasteiger charge is 2.41. The standard InChI is InChI=1S/C16H25ClN2O2/c1-15(2,16(3,4)18)14(20)19(5)9-10-21-13-8-6-7-12(17)11-13/h6-8,11H,9-10,18H2,1-5H3. The largest absolute Gasteiger partial charge is 0.492 e. The van der Waals surface area contributed by atoms with Crippen molar-refractivity contribution in [2.75, 3.05) is 20.2 Å². The highest BCUT2D eigenvalue weighted by Crippen LogP contribution is 2.30. The van der Waals surface area contributed by atoms with Gasteiger partial charge in [0, 0.05) is 17.6 Å². The lowest BCUT2D eigenvalue weighted by atomic mass is 9.74. The van der Waals surface area contributed by atoms with E-state index in [-0.39, 0.29) is 5.91 Å². The van der Waals surface area contributed by atoms with Gasteiger partial charge in [-0.15, -0.1) is 0 Å². The monoisotopic (exact) mass is 312 g/mol. The van der Waals surface area contributed by atoms with Crippen molar-refractivity contribution in [3.05, 3.63) is 29.3 Å². The zero-order valence-corrected chi connectivity index (χ0v) is 14.2. The van der Waals surface area contributed by atoms with Gasteiger partial charge >= 0.3 is 0 Å². The number of carbonyl (C=O) groups is 1. The lowest BCUT2D eigenvalue weighted by Crippen LogP contribution is -2.56. The molecule has 1 rings (SSSR count). The van der Waals surface area contributed by atoms with Crippen LogP contribution in [0, 0.1) is 5.41 Å². The van der Waals surface area contributed by atoms with Gasteiger partial charge in [0.1, 0.15) is 12.4 Å². The van der Waals surface area contributed by atoms with Crippen molar-refractivity contribution in [1.29, 1.82) is 0 Å². The fourth-order valence-corrected chi connectivity index (χ4v) is 1.89. The zero-order valence-electron chi connectivity index (χ0n) is 13.4. The summed E-state index contributed by atoms with van der Waals surface area (Å²) in [5.74, 6) is 0.700. The van der Waals surface area contributed by atoms with E-state index in [1.807, 2.05) is 39.8 Å².